The fourth-order valence-electron chi connectivity index (χ4n) is 1.94. The van der Waals surface area contributed by atoms with Crippen LogP contribution in [0.2, 0.25) is 5.02 Å². The molecule has 20 heavy (non-hydrogen) atoms. The van der Waals surface area contributed by atoms with Gasteiger partial charge in [-0.15, -0.1) is 0 Å². The molecule has 0 saturated heterocycles. The summed E-state index contributed by atoms with van der Waals surface area (Å²) in [7, 11) is 0. The van der Waals surface area contributed by atoms with Crippen molar-refractivity contribution in [2.24, 2.45) is 5.73 Å². The summed E-state index contributed by atoms with van der Waals surface area (Å²) in [6.45, 7) is 4.40. The summed E-state index contributed by atoms with van der Waals surface area (Å²) in [5, 5.41) is 8.12. The minimum Gasteiger partial charge on any atom is -0.489 e. The Morgan fingerprint density at radius 2 is 1.70 bits per heavy atom. The molecule has 0 aliphatic carbocycles. The Hall–Kier alpha value is -2.00. The van der Waals surface area contributed by atoms with Gasteiger partial charge in [0.1, 0.15) is 18.2 Å². The van der Waals surface area contributed by atoms with Crippen molar-refractivity contribution in [2.75, 3.05) is 0 Å². The average Bonchev–Trinajstić information content (AvgIpc) is 2.42. The van der Waals surface area contributed by atoms with Crippen LogP contribution in [-0.2, 0) is 6.61 Å². The molecule has 0 unspecified atom stereocenters. The monoisotopic (exact) mass is 288 g/mol. The first-order chi connectivity index (χ1) is 9.47. The zero-order valence-corrected chi connectivity index (χ0v) is 12.3. The number of hydrogen-bond donors (Lipinski definition) is 2. The number of hydrogen-bond acceptors (Lipinski definition) is 2. The normalized spacial score (nSPS) is 10.3. The minimum absolute atomic E-state index is 0.0708. The van der Waals surface area contributed by atoms with Gasteiger partial charge in [-0.05, 0) is 42.7 Å². The highest BCUT2D eigenvalue weighted by Gasteiger charge is 2.04. The van der Waals surface area contributed by atoms with Gasteiger partial charge in [0, 0.05) is 10.6 Å². The van der Waals surface area contributed by atoms with E-state index in [4.69, 9.17) is 27.5 Å². The number of aryl methyl sites for hydroxylation is 2. The van der Waals surface area contributed by atoms with Crippen LogP contribution in [0.5, 0.6) is 5.75 Å². The van der Waals surface area contributed by atoms with Crippen molar-refractivity contribution in [3.05, 3.63) is 63.7 Å². The maximum Gasteiger partial charge on any atom is 0.122 e. The molecule has 0 aliphatic rings. The molecule has 0 atom stereocenters. The summed E-state index contributed by atoms with van der Waals surface area (Å²) >= 11 is 6.13. The van der Waals surface area contributed by atoms with E-state index in [-0.39, 0.29) is 5.84 Å². The summed E-state index contributed by atoms with van der Waals surface area (Å²) in [4.78, 5) is 0. The van der Waals surface area contributed by atoms with E-state index in [0.29, 0.717) is 12.2 Å². The van der Waals surface area contributed by atoms with Crippen molar-refractivity contribution < 1.29 is 4.74 Å². The van der Waals surface area contributed by atoms with Gasteiger partial charge >= 0.3 is 0 Å². The van der Waals surface area contributed by atoms with Gasteiger partial charge in [-0.3, -0.25) is 5.41 Å². The van der Waals surface area contributed by atoms with Crippen LogP contribution in [0.1, 0.15) is 22.3 Å². The van der Waals surface area contributed by atoms with Gasteiger partial charge < -0.3 is 10.5 Å². The first-order valence-corrected chi connectivity index (χ1v) is 6.68. The standard InChI is InChI=1S/C16H17ClN2O/c1-10-7-14(8-11(2)15(10)17)20-9-12-3-5-13(6-4-12)16(18)19/h3-8H,9H2,1-2H3,(H3,18,19). The Balaban J connectivity index is 2.07. The number of ether oxygens (including phenoxy) is 1. The summed E-state index contributed by atoms with van der Waals surface area (Å²) in [5.41, 5.74) is 9.17. The van der Waals surface area contributed by atoms with Crippen molar-refractivity contribution in [3.8, 4) is 5.75 Å². The highest BCUT2D eigenvalue weighted by Crippen LogP contribution is 2.26. The molecule has 2 aromatic rings. The Morgan fingerprint density at radius 3 is 2.20 bits per heavy atom. The Bertz CT molecular complexity index is 612. The summed E-state index contributed by atoms with van der Waals surface area (Å²) in [6, 6.07) is 11.3. The van der Waals surface area contributed by atoms with Crippen LogP contribution < -0.4 is 10.5 Å². The highest BCUT2D eigenvalue weighted by atomic mass is 35.5. The molecule has 4 heteroatoms. The quantitative estimate of drug-likeness (QED) is 0.664. The molecule has 104 valence electrons. The van der Waals surface area contributed by atoms with E-state index >= 15 is 0 Å². The molecular formula is C16H17ClN2O. The van der Waals surface area contributed by atoms with E-state index in [2.05, 4.69) is 0 Å². The number of nitrogens with two attached hydrogens (primary N) is 1. The Labute approximate surface area is 123 Å². The van der Waals surface area contributed by atoms with Gasteiger partial charge in [0.25, 0.3) is 0 Å². The SMILES string of the molecule is Cc1cc(OCc2ccc(C(=N)N)cc2)cc(C)c1Cl. The lowest BCUT2D eigenvalue weighted by Crippen LogP contribution is -2.10. The average molecular weight is 289 g/mol. The smallest absolute Gasteiger partial charge is 0.122 e. The predicted octanol–water partition coefficient (Wildman–Crippen LogP) is 3.82. The van der Waals surface area contributed by atoms with Crippen LogP contribution in [0.25, 0.3) is 0 Å². The highest BCUT2D eigenvalue weighted by molar-refractivity contribution is 6.32. The van der Waals surface area contributed by atoms with Gasteiger partial charge in [0.05, 0.1) is 0 Å². The van der Waals surface area contributed by atoms with Crippen LogP contribution >= 0.6 is 11.6 Å². The zero-order valence-electron chi connectivity index (χ0n) is 11.5. The number of benzene rings is 2. The van der Waals surface area contributed by atoms with Crippen LogP contribution in [0.4, 0.5) is 0 Å². The largest absolute Gasteiger partial charge is 0.489 e. The first-order valence-electron chi connectivity index (χ1n) is 6.30. The van der Waals surface area contributed by atoms with Crippen molar-refractivity contribution in [3.63, 3.8) is 0 Å². The molecule has 0 aliphatic heterocycles. The third-order valence-corrected chi connectivity index (χ3v) is 3.68. The maximum atomic E-state index is 7.34. The number of halogens is 1. The first kappa shape index (κ1) is 14.4. The number of nitrogen functional groups attached to an aromatic ring is 1. The van der Waals surface area contributed by atoms with Gasteiger partial charge in [0.15, 0.2) is 0 Å². The maximum absolute atomic E-state index is 7.34. The van der Waals surface area contributed by atoms with Crippen molar-refractivity contribution in [2.45, 2.75) is 20.5 Å². The third kappa shape index (κ3) is 3.31. The molecule has 0 amide bonds. The van der Waals surface area contributed by atoms with Crippen molar-refractivity contribution >= 4 is 17.4 Å². The fraction of sp³-hybridized carbons (Fsp3) is 0.188. The van der Waals surface area contributed by atoms with Gasteiger partial charge in [0.2, 0.25) is 0 Å². The summed E-state index contributed by atoms with van der Waals surface area (Å²) in [5.74, 6) is 0.876. The number of nitrogens with one attached hydrogen (secondary N) is 1. The molecule has 0 bridgehead atoms. The van der Waals surface area contributed by atoms with Crippen LogP contribution in [-0.4, -0.2) is 5.84 Å². The second-order valence-electron chi connectivity index (χ2n) is 4.77. The van der Waals surface area contributed by atoms with Crippen molar-refractivity contribution in [1.29, 1.82) is 5.41 Å². The molecule has 2 aromatic carbocycles. The fourth-order valence-corrected chi connectivity index (χ4v) is 2.05. The molecule has 3 N–H and O–H groups in total. The van der Waals surface area contributed by atoms with Crippen LogP contribution in [0, 0.1) is 19.3 Å². The van der Waals surface area contributed by atoms with E-state index in [1.165, 1.54) is 0 Å². The van der Waals surface area contributed by atoms with E-state index in [1.54, 1.807) is 0 Å². The molecule has 0 saturated carbocycles. The van der Waals surface area contributed by atoms with E-state index < -0.39 is 0 Å². The molecule has 0 fully saturated rings. The Kier molecular flexibility index (Phi) is 4.30. The third-order valence-electron chi connectivity index (χ3n) is 3.08. The van der Waals surface area contributed by atoms with Gasteiger partial charge in [-0.25, -0.2) is 0 Å². The lowest BCUT2D eigenvalue weighted by Gasteiger charge is -2.10. The van der Waals surface area contributed by atoms with E-state index in [9.17, 15) is 0 Å². The van der Waals surface area contributed by atoms with Crippen molar-refractivity contribution in [1.82, 2.24) is 0 Å². The molecule has 0 aromatic heterocycles. The van der Waals surface area contributed by atoms with E-state index in [1.807, 2.05) is 50.2 Å². The summed E-state index contributed by atoms with van der Waals surface area (Å²) in [6.07, 6.45) is 0. The van der Waals surface area contributed by atoms with Gasteiger partial charge in [-0.2, -0.15) is 0 Å². The molecule has 3 nitrogen and oxygen atoms in total. The van der Waals surface area contributed by atoms with Gasteiger partial charge in [-0.1, -0.05) is 35.9 Å². The number of amidine groups is 1. The minimum atomic E-state index is 0.0708. The molecular weight excluding hydrogens is 272 g/mol. The summed E-state index contributed by atoms with van der Waals surface area (Å²) < 4.78 is 5.77. The predicted molar refractivity (Wildman–Crippen MR) is 82.7 cm³/mol. The lowest BCUT2D eigenvalue weighted by atomic mass is 10.1. The molecule has 2 rings (SSSR count). The topological polar surface area (TPSA) is 59.1 Å². The zero-order chi connectivity index (χ0) is 14.7. The van der Waals surface area contributed by atoms with E-state index in [0.717, 1.165) is 27.5 Å². The lowest BCUT2D eigenvalue weighted by molar-refractivity contribution is 0.306. The Morgan fingerprint density at radius 1 is 1.15 bits per heavy atom. The molecule has 0 heterocycles. The van der Waals surface area contributed by atoms with Crippen LogP contribution in [0.3, 0.4) is 0 Å². The second kappa shape index (κ2) is 5.97. The molecule has 0 spiro atoms. The molecule has 0 radical (unpaired) electrons. The number of rotatable bonds is 4. The second-order valence-corrected chi connectivity index (χ2v) is 5.15. The van der Waals surface area contributed by atoms with Crippen LogP contribution in [0.15, 0.2) is 36.4 Å².